The summed E-state index contributed by atoms with van der Waals surface area (Å²) in [5, 5.41) is 3.48. The third-order valence-corrected chi connectivity index (χ3v) is 6.09. The predicted molar refractivity (Wildman–Crippen MR) is 138 cm³/mol. The number of unbranched alkanes of at least 4 members (excludes halogenated alkanes) is 1. The fourth-order valence-electron chi connectivity index (χ4n) is 4.19. The minimum absolute atomic E-state index is 0. The largest absolute Gasteiger partial charge is 0.493 e. The summed E-state index contributed by atoms with van der Waals surface area (Å²) in [5.74, 6) is 2.63. The fraction of sp³-hybridized carbons (Fsp3) is 0.696. The van der Waals surface area contributed by atoms with Crippen LogP contribution in [0.2, 0.25) is 0 Å². The molecule has 1 fully saturated rings. The number of fused-ring (bicyclic) bond motifs is 1. The number of rotatable bonds is 8. The zero-order chi connectivity index (χ0) is 21.3. The van der Waals surface area contributed by atoms with Gasteiger partial charge >= 0.3 is 0 Å². The molecule has 0 saturated carbocycles. The minimum Gasteiger partial charge on any atom is -0.493 e. The van der Waals surface area contributed by atoms with E-state index < -0.39 is 0 Å². The Bertz CT molecular complexity index is 707. The van der Waals surface area contributed by atoms with E-state index in [0.29, 0.717) is 0 Å². The Morgan fingerprint density at radius 3 is 2.32 bits per heavy atom. The number of methoxy groups -OCH3 is 2. The molecule has 2 heterocycles. The highest BCUT2D eigenvalue weighted by molar-refractivity contribution is 14.0. The van der Waals surface area contributed by atoms with Gasteiger partial charge < -0.3 is 29.5 Å². The standard InChI is InChI=1S/C23H39N5O2.HI/c1-5-24-23(25-9-6-7-10-27-14-12-26(2)13-15-27)28-11-8-19-16-21(29-3)22(30-4)17-20(19)18-28;/h16-17H,5-15,18H2,1-4H3,(H,24,25);1H. The van der Waals surface area contributed by atoms with Crippen molar-refractivity contribution in [3.8, 4) is 11.5 Å². The van der Waals surface area contributed by atoms with Crippen molar-refractivity contribution < 1.29 is 9.47 Å². The van der Waals surface area contributed by atoms with Crippen molar-refractivity contribution >= 4 is 29.9 Å². The van der Waals surface area contributed by atoms with Gasteiger partial charge in [-0.3, -0.25) is 4.99 Å². The Hall–Kier alpha value is -1.26. The zero-order valence-electron chi connectivity index (χ0n) is 19.7. The highest BCUT2D eigenvalue weighted by atomic mass is 127. The highest BCUT2D eigenvalue weighted by Gasteiger charge is 2.21. The van der Waals surface area contributed by atoms with Crippen LogP contribution in [0.3, 0.4) is 0 Å². The Morgan fingerprint density at radius 2 is 1.68 bits per heavy atom. The van der Waals surface area contributed by atoms with Crippen LogP contribution in [0, 0.1) is 0 Å². The molecule has 1 saturated heterocycles. The van der Waals surface area contributed by atoms with E-state index >= 15 is 0 Å². The molecule has 0 unspecified atom stereocenters. The van der Waals surface area contributed by atoms with Gasteiger partial charge in [-0.05, 0) is 63.0 Å². The molecule has 1 aromatic rings. The number of piperazine rings is 1. The van der Waals surface area contributed by atoms with Gasteiger partial charge in [0.05, 0.1) is 14.2 Å². The number of guanidine groups is 1. The van der Waals surface area contributed by atoms with E-state index in [9.17, 15) is 0 Å². The van der Waals surface area contributed by atoms with Crippen molar-refractivity contribution in [2.75, 3.05) is 73.6 Å². The Morgan fingerprint density at radius 1 is 1.00 bits per heavy atom. The van der Waals surface area contributed by atoms with Crippen LogP contribution in [0.15, 0.2) is 17.1 Å². The molecule has 176 valence electrons. The normalized spacial score (nSPS) is 17.7. The summed E-state index contributed by atoms with van der Waals surface area (Å²) in [4.78, 5) is 12.3. The number of aliphatic imine (C=N–C) groups is 1. The number of nitrogens with zero attached hydrogens (tertiary/aromatic N) is 4. The first-order valence-electron chi connectivity index (χ1n) is 11.3. The topological polar surface area (TPSA) is 52.6 Å². The molecule has 2 aliphatic rings. The molecule has 0 atom stereocenters. The first-order chi connectivity index (χ1) is 14.6. The first kappa shape index (κ1) is 26.0. The minimum atomic E-state index is 0. The second kappa shape index (κ2) is 13.3. The van der Waals surface area contributed by atoms with Crippen molar-refractivity contribution in [3.63, 3.8) is 0 Å². The molecule has 0 amide bonds. The first-order valence-corrected chi connectivity index (χ1v) is 11.3. The molecule has 3 rings (SSSR count). The summed E-state index contributed by atoms with van der Waals surface area (Å²) in [5.41, 5.74) is 2.63. The zero-order valence-corrected chi connectivity index (χ0v) is 22.0. The van der Waals surface area contributed by atoms with E-state index in [-0.39, 0.29) is 24.0 Å². The third-order valence-electron chi connectivity index (χ3n) is 6.09. The summed E-state index contributed by atoms with van der Waals surface area (Å²) >= 11 is 0. The molecule has 0 aromatic heterocycles. The van der Waals surface area contributed by atoms with Gasteiger partial charge in [0.2, 0.25) is 0 Å². The van der Waals surface area contributed by atoms with Gasteiger partial charge in [-0.25, -0.2) is 0 Å². The van der Waals surface area contributed by atoms with E-state index in [1.165, 1.54) is 50.3 Å². The van der Waals surface area contributed by atoms with E-state index in [1.54, 1.807) is 14.2 Å². The number of likely N-dealkylation sites (N-methyl/N-ethyl adjacent to an activating group) is 1. The van der Waals surface area contributed by atoms with Gasteiger partial charge in [-0.1, -0.05) is 0 Å². The second-order valence-corrected chi connectivity index (χ2v) is 8.24. The Balaban J connectivity index is 0.00000341. The smallest absolute Gasteiger partial charge is 0.194 e. The molecule has 7 nitrogen and oxygen atoms in total. The van der Waals surface area contributed by atoms with Crippen LogP contribution in [-0.2, 0) is 13.0 Å². The van der Waals surface area contributed by atoms with E-state index in [0.717, 1.165) is 56.5 Å². The summed E-state index contributed by atoms with van der Waals surface area (Å²) in [6.07, 6.45) is 3.34. The monoisotopic (exact) mass is 545 g/mol. The van der Waals surface area contributed by atoms with Crippen molar-refractivity contribution in [3.05, 3.63) is 23.3 Å². The number of hydrogen-bond acceptors (Lipinski definition) is 5. The molecule has 8 heteroatoms. The summed E-state index contributed by atoms with van der Waals surface area (Å²) < 4.78 is 11.0. The van der Waals surface area contributed by atoms with Crippen LogP contribution in [0.1, 0.15) is 30.9 Å². The van der Waals surface area contributed by atoms with Crippen molar-refractivity contribution in [1.29, 1.82) is 0 Å². The molecular formula is C23H40IN5O2. The van der Waals surface area contributed by atoms with Crippen LogP contribution < -0.4 is 14.8 Å². The lowest BCUT2D eigenvalue weighted by molar-refractivity contribution is 0.152. The lowest BCUT2D eigenvalue weighted by Crippen LogP contribution is -2.44. The summed E-state index contributed by atoms with van der Waals surface area (Å²) in [6.45, 7) is 11.7. The maximum Gasteiger partial charge on any atom is 0.194 e. The average Bonchev–Trinajstić information content (AvgIpc) is 2.78. The number of hydrogen-bond donors (Lipinski definition) is 1. The molecule has 0 spiro atoms. The molecular weight excluding hydrogens is 505 g/mol. The van der Waals surface area contributed by atoms with Crippen molar-refractivity contribution in [1.82, 2.24) is 20.0 Å². The third kappa shape index (κ3) is 7.39. The highest BCUT2D eigenvalue weighted by Crippen LogP contribution is 2.33. The van der Waals surface area contributed by atoms with Gasteiger partial charge in [0.1, 0.15) is 0 Å². The lowest BCUT2D eigenvalue weighted by Gasteiger charge is -2.32. The van der Waals surface area contributed by atoms with Gasteiger partial charge in [-0.15, -0.1) is 24.0 Å². The Labute approximate surface area is 205 Å². The van der Waals surface area contributed by atoms with E-state index in [1.807, 2.05) is 0 Å². The van der Waals surface area contributed by atoms with E-state index in [4.69, 9.17) is 14.5 Å². The fourth-order valence-corrected chi connectivity index (χ4v) is 4.19. The number of ether oxygens (including phenoxy) is 2. The molecule has 1 aromatic carbocycles. The van der Waals surface area contributed by atoms with Crippen LogP contribution in [-0.4, -0.2) is 94.3 Å². The summed E-state index contributed by atoms with van der Waals surface area (Å²) in [7, 11) is 5.59. The SMILES string of the molecule is CCNC(=NCCCCN1CCN(C)CC1)N1CCc2cc(OC)c(OC)cc2C1.I. The molecule has 1 N–H and O–H groups in total. The van der Waals surface area contributed by atoms with Crippen molar-refractivity contribution in [2.45, 2.75) is 32.7 Å². The van der Waals surface area contributed by atoms with E-state index in [2.05, 4.69) is 46.1 Å². The quantitative estimate of drug-likeness (QED) is 0.235. The Kier molecular flexibility index (Phi) is 11.2. The summed E-state index contributed by atoms with van der Waals surface area (Å²) in [6, 6.07) is 4.23. The van der Waals surface area contributed by atoms with Crippen LogP contribution in [0.4, 0.5) is 0 Å². The molecule has 0 radical (unpaired) electrons. The molecule has 0 bridgehead atoms. The lowest BCUT2D eigenvalue weighted by atomic mass is 9.99. The van der Waals surface area contributed by atoms with Gasteiger partial charge in [0.25, 0.3) is 0 Å². The molecule has 31 heavy (non-hydrogen) atoms. The van der Waals surface area contributed by atoms with Gasteiger partial charge in [-0.2, -0.15) is 0 Å². The maximum absolute atomic E-state index is 5.50. The van der Waals surface area contributed by atoms with Gasteiger partial charge in [0.15, 0.2) is 17.5 Å². The van der Waals surface area contributed by atoms with Crippen LogP contribution >= 0.6 is 24.0 Å². The maximum atomic E-state index is 5.50. The number of halogens is 1. The average molecular weight is 546 g/mol. The van der Waals surface area contributed by atoms with Crippen LogP contribution in [0.25, 0.3) is 0 Å². The number of benzene rings is 1. The number of nitrogens with one attached hydrogen (secondary N) is 1. The van der Waals surface area contributed by atoms with Gasteiger partial charge in [0, 0.05) is 52.4 Å². The second-order valence-electron chi connectivity index (χ2n) is 8.24. The molecule has 0 aliphatic carbocycles. The van der Waals surface area contributed by atoms with Crippen LogP contribution in [0.5, 0.6) is 11.5 Å². The predicted octanol–water partition coefficient (Wildman–Crippen LogP) is 2.67. The molecule has 2 aliphatic heterocycles. The van der Waals surface area contributed by atoms with Crippen molar-refractivity contribution in [2.24, 2.45) is 4.99 Å².